The Bertz CT molecular complexity index is 601. The fourth-order valence-electron chi connectivity index (χ4n) is 2.89. The van der Waals surface area contributed by atoms with Gasteiger partial charge in [0.15, 0.2) is 0 Å². The Morgan fingerprint density at radius 3 is 2.76 bits per heavy atom. The summed E-state index contributed by atoms with van der Waals surface area (Å²) in [6, 6.07) is 4.84. The lowest BCUT2D eigenvalue weighted by Gasteiger charge is -2.27. The highest BCUT2D eigenvalue weighted by Crippen LogP contribution is 2.25. The summed E-state index contributed by atoms with van der Waals surface area (Å²) in [7, 11) is 0. The second kappa shape index (κ2) is 9.63. The lowest BCUT2D eigenvalue weighted by atomic mass is 9.86. The summed E-state index contributed by atoms with van der Waals surface area (Å²) in [5.74, 6) is -1.47. The van der Waals surface area contributed by atoms with E-state index in [0.717, 1.165) is 6.42 Å². The standard InChI is InChI=1S/C18H24ClNO5/c1-2-7-25-16-4-3-13(19)10-14(16)17(21)20-11-15(18(22)23)12-5-8-24-9-6-12/h3-4,10,12,15H,2,5-9,11H2,1H3,(H,20,21)(H,22,23). The van der Waals surface area contributed by atoms with Crippen molar-refractivity contribution in [1.29, 1.82) is 0 Å². The average molecular weight is 370 g/mol. The Kier molecular flexibility index (Phi) is 7.52. The molecule has 7 heteroatoms. The number of amides is 1. The van der Waals surface area contributed by atoms with Gasteiger partial charge in [-0.25, -0.2) is 0 Å². The number of carboxylic acid groups (broad SMARTS) is 1. The summed E-state index contributed by atoms with van der Waals surface area (Å²) >= 11 is 5.99. The van der Waals surface area contributed by atoms with Crippen molar-refractivity contribution in [2.45, 2.75) is 26.2 Å². The molecule has 138 valence electrons. The maximum Gasteiger partial charge on any atom is 0.308 e. The minimum absolute atomic E-state index is 0.00160. The first-order valence-corrected chi connectivity index (χ1v) is 8.91. The third-order valence-corrected chi connectivity index (χ3v) is 4.52. The monoisotopic (exact) mass is 369 g/mol. The van der Waals surface area contributed by atoms with Crippen molar-refractivity contribution in [3.05, 3.63) is 28.8 Å². The number of nitrogens with one attached hydrogen (secondary N) is 1. The zero-order valence-corrected chi connectivity index (χ0v) is 15.1. The largest absolute Gasteiger partial charge is 0.493 e. The second-order valence-corrected chi connectivity index (χ2v) is 6.53. The molecular weight excluding hydrogens is 346 g/mol. The summed E-state index contributed by atoms with van der Waals surface area (Å²) in [6.07, 6.45) is 2.19. The zero-order valence-electron chi connectivity index (χ0n) is 14.3. The van der Waals surface area contributed by atoms with Gasteiger partial charge >= 0.3 is 5.97 Å². The van der Waals surface area contributed by atoms with Gasteiger partial charge in [-0.2, -0.15) is 0 Å². The van der Waals surface area contributed by atoms with Gasteiger partial charge in [0.05, 0.1) is 18.1 Å². The number of hydrogen-bond acceptors (Lipinski definition) is 4. The van der Waals surface area contributed by atoms with Crippen LogP contribution < -0.4 is 10.1 Å². The topological polar surface area (TPSA) is 84.9 Å². The van der Waals surface area contributed by atoms with E-state index in [9.17, 15) is 14.7 Å². The van der Waals surface area contributed by atoms with Gasteiger partial charge in [0.1, 0.15) is 5.75 Å². The van der Waals surface area contributed by atoms with Crippen molar-refractivity contribution in [3.63, 3.8) is 0 Å². The summed E-state index contributed by atoms with van der Waals surface area (Å²) in [5.41, 5.74) is 0.317. The van der Waals surface area contributed by atoms with E-state index < -0.39 is 11.9 Å². The van der Waals surface area contributed by atoms with Crippen LogP contribution in [0.3, 0.4) is 0 Å². The van der Waals surface area contributed by atoms with E-state index in [-0.39, 0.29) is 18.4 Å². The minimum atomic E-state index is -0.902. The summed E-state index contributed by atoms with van der Waals surface area (Å²) in [6.45, 7) is 3.65. The number of ether oxygens (including phenoxy) is 2. The molecule has 1 fully saturated rings. The van der Waals surface area contributed by atoms with Crippen LogP contribution in [0.5, 0.6) is 5.75 Å². The van der Waals surface area contributed by atoms with E-state index >= 15 is 0 Å². The van der Waals surface area contributed by atoms with Crippen molar-refractivity contribution >= 4 is 23.5 Å². The molecule has 25 heavy (non-hydrogen) atoms. The van der Waals surface area contributed by atoms with Crippen LogP contribution in [0.15, 0.2) is 18.2 Å². The molecule has 0 spiro atoms. The molecule has 1 aromatic carbocycles. The summed E-state index contributed by atoms with van der Waals surface area (Å²) < 4.78 is 10.9. The first-order chi connectivity index (χ1) is 12.0. The Morgan fingerprint density at radius 2 is 2.12 bits per heavy atom. The van der Waals surface area contributed by atoms with Gasteiger partial charge in [-0.3, -0.25) is 9.59 Å². The number of aliphatic carboxylic acids is 1. The quantitative estimate of drug-likeness (QED) is 0.735. The van der Waals surface area contributed by atoms with Crippen molar-refractivity contribution in [1.82, 2.24) is 5.32 Å². The molecule has 1 amide bonds. The predicted molar refractivity (Wildman–Crippen MR) is 94.2 cm³/mol. The smallest absolute Gasteiger partial charge is 0.308 e. The van der Waals surface area contributed by atoms with Gasteiger partial charge < -0.3 is 19.9 Å². The average Bonchev–Trinajstić information content (AvgIpc) is 2.61. The molecule has 1 aliphatic heterocycles. The number of carbonyl (C=O) groups is 2. The first kappa shape index (κ1) is 19.5. The molecular formula is C18H24ClNO5. The first-order valence-electron chi connectivity index (χ1n) is 8.54. The lowest BCUT2D eigenvalue weighted by molar-refractivity contribution is -0.144. The number of benzene rings is 1. The van der Waals surface area contributed by atoms with Crippen molar-refractivity contribution < 1.29 is 24.2 Å². The molecule has 1 aliphatic rings. The Hall–Kier alpha value is -1.79. The predicted octanol–water partition coefficient (Wildman–Crippen LogP) is 2.99. The highest BCUT2D eigenvalue weighted by molar-refractivity contribution is 6.31. The van der Waals surface area contributed by atoms with Gasteiger partial charge in [0.2, 0.25) is 0 Å². The molecule has 0 aliphatic carbocycles. The Balaban J connectivity index is 2.04. The molecule has 2 N–H and O–H groups in total. The van der Waals surface area contributed by atoms with E-state index in [1.165, 1.54) is 6.07 Å². The Morgan fingerprint density at radius 1 is 1.40 bits per heavy atom. The molecule has 1 saturated heterocycles. The van der Waals surface area contributed by atoms with Gasteiger partial charge in [-0.05, 0) is 43.4 Å². The molecule has 2 rings (SSSR count). The van der Waals surface area contributed by atoms with E-state index in [2.05, 4.69) is 5.32 Å². The number of carboxylic acids is 1. The summed E-state index contributed by atoms with van der Waals surface area (Å²) in [4.78, 5) is 24.1. The SMILES string of the molecule is CCCOc1ccc(Cl)cc1C(=O)NCC(C(=O)O)C1CCOCC1. The molecule has 1 aromatic rings. The molecule has 0 saturated carbocycles. The highest BCUT2D eigenvalue weighted by atomic mass is 35.5. The fourth-order valence-corrected chi connectivity index (χ4v) is 3.06. The molecule has 0 aromatic heterocycles. The van der Waals surface area contributed by atoms with Crippen LogP contribution in [0, 0.1) is 11.8 Å². The van der Waals surface area contributed by atoms with Crippen LogP contribution in [-0.4, -0.2) is 43.3 Å². The zero-order chi connectivity index (χ0) is 18.2. The number of hydrogen-bond donors (Lipinski definition) is 2. The number of halogens is 1. The van der Waals surface area contributed by atoms with Gasteiger partial charge in [0, 0.05) is 24.8 Å². The van der Waals surface area contributed by atoms with Crippen molar-refractivity contribution in [2.24, 2.45) is 11.8 Å². The molecule has 1 atom stereocenters. The van der Waals surface area contributed by atoms with Crippen LogP contribution in [0.1, 0.15) is 36.5 Å². The number of carbonyl (C=O) groups excluding carboxylic acids is 1. The van der Waals surface area contributed by atoms with Gasteiger partial charge in [-0.15, -0.1) is 0 Å². The van der Waals surface area contributed by atoms with Crippen molar-refractivity contribution in [3.8, 4) is 5.75 Å². The van der Waals surface area contributed by atoms with E-state index in [1.807, 2.05) is 6.92 Å². The maximum absolute atomic E-state index is 12.5. The number of rotatable bonds is 8. The van der Waals surface area contributed by atoms with E-state index in [0.29, 0.717) is 49.0 Å². The van der Waals surface area contributed by atoms with Crippen LogP contribution in [0.4, 0.5) is 0 Å². The minimum Gasteiger partial charge on any atom is -0.493 e. The maximum atomic E-state index is 12.5. The summed E-state index contributed by atoms with van der Waals surface area (Å²) in [5, 5.41) is 12.6. The molecule has 0 bridgehead atoms. The van der Waals surface area contributed by atoms with E-state index in [4.69, 9.17) is 21.1 Å². The van der Waals surface area contributed by atoms with Crippen molar-refractivity contribution in [2.75, 3.05) is 26.4 Å². The highest BCUT2D eigenvalue weighted by Gasteiger charge is 2.30. The van der Waals surface area contributed by atoms with Gasteiger partial charge in [-0.1, -0.05) is 18.5 Å². The van der Waals surface area contributed by atoms with Crippen LogP contribution in [-0.2, 0) is 9.53 Å². The normalized spacial score (nSPS) is 16.2. The molecule has 6 nitrogen and oxygen atoms in total. The second-order valence-electron chi connectivity index (χ2n) is 6.09. The lowest BCUT2D eigenvalue weighted by Crippen LogP contribution is -2.39. The van der Waals surface area contributed by atoms with E-state index in [1.54, 1.807) is 12.1 Å². The van der Waals surface area contributed by atoms with Gasteiger partial charge in [0.25, 0.3) is 5.91 Å². The molecule has 1 unspecified atom stereocenters. The fraction of sp³-hybridized carbons (Fsp3) is 0.556. The molecule has 1 heterocycles. The Labute approximate surface area is 152 Å². The third-order valence-electron chi connectivity index (χ3n) is 4.28. The van der Waals surface area contributed by atoms with Crippen LogP contribution in [0.25, 0.3) is 0 Å². The third kappa shape index (κ3) is 5.61. The molecule has 0 radical (unpaired) electrons. The van der Waals surface area contributed by atoms with Crippen LogP contribution >= 0.6 is 11.6 Å². The van der Waals surface area contributed by atoms with Crippen LogP contribution in [0.2, 0.25) is 5.02 Å².